The third kappa shape index (κ3) is 2.31. The molecule has 0 aliphatic carbocycles. The summed E-state index contributed by atoms with van der Waals surface area (Å²) in [5.74, 6) is -0.918. The number of carboxylic acid groups (broad SMARTS) is 1. The Labute approximate surface area is 132 Å². The van der Waals surface area contributed by atoms with Crippen LogP contribution < -0.4 is 0 Å². The van der Waals surface area contributed by atoms with Crippen LogP contribution in [0.15, 0.2) is 24.3 Å². The van der Waals surface area contributed by atoms with E-state index < -0.39 is 5.97 Å². The van der Waals surface area contributed by atoms with E-state index in [0.29, 0.717) is 10.6 Å². The number of carbonyl (C=O) groups is 1. The lowest BCUT2D eigenvalue weighted by atomic mass is 9.89. The molecule has 0 aliphatic rings. The van der Waals surface area contributed by atoms with Gasteiger partial charge in [0.1, 0.15) is 9.88 Å². The summed E-state index contributed by atoms with van der Waals surface area (Å²) >= 11 is 1.24. The molecule has 1 aromatic carbocycles. The van der Waals surface area contributed by atoms with Crippen LogP contribution in [-0.4, -0.2) is 21.0 Å². The van der Waals surface area contributed by atoms with Gasteiger partial charge in [-0.1, -0.05) is 39.0 Å². The lowest BCUT2D eigenvalue weighted by Gasteiger charge is -2.18. The molecule has 2 heterocycles. The van der Waals surface area contributed by atoms with Crippen molar-refractivity contribution in [3.05, 3.63) is 40.5 Å². The molecule has 0 bridgehead atoms. The first kappa shape index (κ1) is 14.8. The Bertz CT molecular complexity index is 869. The fraction of sp³-hybridized carbons (Fsp3) is 0.294. The molecule has 0 spiro atoms. The predicted octanol–water partition coefficient (Wildman–Crippen LogP) is 4.60. The number of para-hydroxylation sites is 1. The molecule has 0 amide bonds. The second-order valence-electron chi connectivity index (χ2n) is 6.41. The van der Waals surface area contributed by atoms with E-state index in [0.717, 1.165) is 27.2 Å². The van der Waals surface area contributed by atoms with E-state index in [4.69, 9.17) is 0 Å². The topological polar surface area (TPSA) is 66.0 Å². The third-order valence-electron chi connectivity index (χ3n) is 3.66. The van der Waals surface area contributed by atoms with Crippen LogP contribution in [0.1, 0.15) is 41.8 Å². The van der Waals surface area contributed by atoms with Crippen LogP contribution in [0.5, 0.6) is 0 Å². The van der Waals surface area contributed by atoms with Gasteiger partial charge in [-0.2, -0.15) is 0 Å². The average molecular weight is 314 g/mol. The van der Waals surface area contributed by atoms with E-state index in [2.05, 4.69) is 30.7 Å². The van der Waals surface area contributed by atoms with Gasteiger partial charge in [-0.3, -0.25) is 0 Å². The molecule has 0 fully saturated rings. The van der Waals surface area contributed by atoms with Crippen LogP contribution >= 0.6 is 11.3 Å². The monoisotopic (exact) mass is 314 g/mol. The molecular formula is C17H18N2O2S. The minimum Gasteiger partial charge on any atom is -0.477 e. The van der Waals surface area contributed by atoms with Gasteiger partial charge >= 0.3 is 5.97 Å². The minimum absolute atomic E-state index is 0.0860. The highest BCUT2D eigenvalue weighted by Gasteiger charge is 2.26. The highest BCUT2D eigenvalue weighted by molar-refractivity contribution is 7.17. The maximum atomic E-state index is 11.3. The lowest BCUT2D eigenvalue weighted by molar-refractivity contribution is 0.0701. The second-order valence-corrected chi connectivity index (χ2v) is 7.41. The standard InChI is InChI=1S/C17H18N2O2S/c1-9-13(16(20)21)22-15(18-9)12-10-7-5-6-8-11(10)19-14(12)17(2,3)4/h5-8,19H,1-4H3,(H,20,21). The first-order chi connectivity index (χ1) is 10.3. The van der Waals surface area contributed by atoms with Crippen molar-refractivity contribution in [1.29, 1.82) is 0 Å². The Morgan fingerprint density at radius 3 is 2.55 bits per heavy atom. The fourth-order valence-corrected chi connectivity index (χ4v) is 3.60. The molecular weight excluding hydrogens is 296 g/mol. The normalized spacial score (nSPS) is 12.0. The molecule has 114 valence electrons. The zero-order chi connectivity index (χ0) is 16.1. The van der Waals surface area contributed by atoms with Gasteiger partial charge in [0.05, 0.1) is 5.69 Å². The van der Waals surface area contributed by atoms with Crippen molar-refractivity contribution in [3.63, 3.8) is 0 Å². The van der Waals surface area contributed by atoms with Crippen molar-refractivity contribution >= 4 is 28.2 Å². The highest BCUT2D eigenvalue weighted by Crippen LogP contribution is 2.40. The van der Waals surface area contributed by atoms with Crippen LogP contribution in [0.25, 0.3) is 21.5 Å². The molecule has 3 rings (SSSR count). The fourth-order valence-electron chi connectivity index (χ4n) is 2.63. The maximum absolute atomic E-state index is 11.3. The number of aromatic nitrogens is 2. The summed E-state index contributed by atoms with van der Waals surface area (Å²) in [7, 11) is 0. The number of fused-ring (bicyclic) bond motifs is 1. The Morgan fingerprint density at radius 2 is 1.95 bits per heavy atom. The van der Waals surface area contributed by atoms with Gasteiger partial charge in [0.15, 0.2) is 0 Å². The smallest absolute Gasteiger partial charge is 0.347 e. The molecule has 3 aromatic rings. The Kier molecular flexibility index (Phi) is 3.33. The Morgan fingerprint density at radius 1 is 1.27 bits per heavy atom. The summed E-state index contributed by atoms with van der Waals surface area (Å²) in [4.78, 5) is 19.6. The van der Waals surface area contributed by atoms with Crippen LogP contribution in [0.4, 0.5) is 0 Å². The van der Waals surface area contributed by atoms with Crippen LogP contribution in [-0.2, 0) is 5.41 Å². The van der Waals surface area contributed by atoms with Crippen molar-refractivity contribution in [3.8, 4) is 10.6 Å². The molecule has 0 unspecified atom stereocenters. The number of benzene rings is 1. The quantitative estimate of drug-likeness (QED) is 0.726. The maximum Gasteiger partial charge on any atom is 0.347 e. The van der Waals surface area contributed by atoms with E-state index in [-0.39, 0.29) is 5.41 Å². The third-order valence-corrected chi connectivity index (χ3v) is 4.82. The van der Waals surface area contributed by atoms with E-state index >= 15 is 0 Å². The largest absolute Gasteiger partial charge is 0.477 e. The van der Waals surface area contributed by atoms with Crippen molar-refractivity contribution in [2.24, 2.45) is 0 Å². The van der Waals surface area contributed by atoms with Gasteiger partial charge in [0, 0.05) is 27.6 Å². The first-order valence-electron chi connectivity index (χ1n) is 7.11. The summed E-state index contributed by atoms with van der Waals surface area (Å²) in [6, 6.07) is 8.07. The van der Waals surface area contributed by atoms with Crippen LogP contribution in [0.2, 0.25) is 0 Å². The molecule has 2 aromatic heterocycles. The molecule has 0 radical (unpaired) electrons. The number of hydrogen-bond donors (Lipinski definition) is 2. The molecule has 0 atom stereocenters. The zero-order valence-corrected chi connectivity index (χ0v) is 13.8. The van der Waals surface area contributed by atoms with Crippen molar-refractivity contribution in [2.45, 2.75) is 33.1 Å². The molecule has 0 aliphatic heterocycles. The Hall–Kier alpha value is -2.14. The summed E-state index contributed by atoms with van der Waals surface area (Å²) in [5.41, 5.74) is 3.63. The zero-order valence-electron chi connectivity index (χ0n) is 13.0. The summed E-state index contributed by atoms with van der Waals surface area (Å²) < 4.78 is 0. The van der Waals surface area contributed by atoms with Crippen LogP contribution in [0, 0.1) is 6.92 Å². The van der Waals surface area contributed by atoms with Gasteiger partial charge in [0.25, 0.3) is 0 Å². The SMILES string of the molecule is Cc1nc(-c2c(C(C)(C)C)[nH]c3ccccc23)sc1C(=O)O. The van der Waals surface area contributed by atoms with Crippen LogP contribution in [0.3, 0.4) is 0 Å². The van der Waals surface area contributed by atoms with Gasteiger partial charge < -0.3 is 10.1 Å². The van der Waals surface area contributed by atoms with Crippen molar-refractivity contribution < 1.29 is 9.90 Å². The number of nitrogens with zero attached hydrogens (tertiary/aromatic N) is 1. The number of carboxylic acids is 1. The highest BCUT2D eigenvalue weighted by atomic mass is 32.1. The minimum atomic E-state index is -0.918. The number of aromatic amines is 1. The molecule has 4 nitrogen and oxygen atoms in total. The lowest BCUT2D eigenvalue weighted by Crippen LogP contribution is -2.12. The van der Waals surface area contributed by atoms with E-state index in [1.807, 2.05) is 24.3 Å². The number of H-pyrrole nitrogens is 1. The van der Waals surface area contributed by atoms with Crippen molar-refractivity contribution in [2.75, 3.05) is 0 Å². The molecule has 0 saturated carbocycles. The van der Waals surface area contributed by atoms with Crippen molar-refractivity contribution in [1.82, 2.24) is 9.97 Å². The molecule has 5 heteroatoms. The summed E-state index contributed by atoms with van der Waals surface area (Å²) in [6.07, 6.45) is 0. The summed E-state index contributed by atoms with van der Waals surface area (Å²) in [6.45, 7) is 8.16. The number of nitrogens with one attached hydrogen (secondary N) is 1. The molecule has 22 heavy (non-hydrogen) atoms. The van der Waals surface area contributed by atoms with E-state index in [1.165, 1.54) is 11.3 Å². The van der Waals surface area contributed by atoms with E-state index in [9.17, 15) is 9.90 Å². The average Bonchev–Trinajstić information content (AvgIpc) is 2.98. The number of rotatable bonds is 2. The number of thiazole rings is 1. The van der Waals surface area contributed by atoms with Gasteiger partial charge in [-0.05, 0) is 13.0 Å². The molecule has 2 N–H and O–H groups in total. The van der Waals surface area contributed by atoms with Gasteiger partial charge in [-0.15, -0.1) is 11.3 Å². The van der Waals surface area contributed by atoms with Gasteiger partial charge in [0.2, 0.25) is 0 Å². The number of aryl methyl sites for hydroxylation is 1. The van der Waals surface area contributed by atoms with E-state index in [1.54, 1.807) is 6.92 Å². The predicted molar refractivity (Wildman–Crippen MR) is 89.8 cm³/mol. The number of hydrogen-bond acceptors (Lipinski definition) is 3. The Balaban J connectivity index is 2.34. The van der Waals surface area contributed by atoms with Gasteiger partial charge in [-0.25, -0.2) is 9.78 Å². The number of aromatic carboxylic acids is 1. The molecule has 0 saturated heterocycles. The summed E-state index contributed by atoms with van der Waals surface area (Å²) in [5, 5.41) is 11.1. The first-order valence-corrected chi connectivity index (χ1v) is 7.93. The second kappa shape index (κ2) is 4.95.